The Morgan fingerprint density at radius 1 is 1.18 bits per heavy atom. The smallest absolute Gasteiger partial charge is 0.124 e. The minimum Gasteiger partial charge on any atom is -0.398 e. The van der Waals surface area contributed by atoms with Crippen LogP contribution < -0.4 is 5.73 Å². The molecule has 4 heteroatoms. The molecule has 17 heavy (non-hydrogen) atoms. The number of anilines is 1. The maximum absolute atomic E-state index is 13.0. The summed E-state index contributed by atoms with van der Waals surface area (Å²) in [4.78, 5) is 0.888. The lowest BCUT2D eigenvalue weighted by atomic mass is 10.2. The quantitative estimate of drug-likeness (QED) is 0.661. The molecule has 2 aromatic carbocycles. The van der Waals surface area contributed by atoms with Crippen molar-refractivity contribution in [2.75, 3.05) is 5.73 Å². The molecular weight excluding hydrogens is 257 g/mol. The van der Waals surface area contributed by atoms with Crippen LogP contribution in [-0.2, 0) is 5.75 Å². The molecule has 0 saturated carbocycles. The maximum Gasteiger partial charge on any atom is 0.124 e. The lowest BCUT2D eigenvalue weighted by molar-refractivity contribution is 0.624. The summed E-state index contributed by atoms with van der Waals surface area (Å²) in [6, 6.07) is 11.9. The highest BCUT2D eigenvalue weighted by Gasteiger charge is 2.02. The minimum atomic E-state index is -0.223. The van der Waals surface area contributed by atoms with Crippen molar-refractivity contribution in [2.24, 2.45) is 0 Å². The molecule has 0 heterocycles. The molecule has 2 rings (SSSR count). The van der Waals surface area contributed by atoms with Gasteiger partial charge in [-0.25, -0.2) is 4.39 Å². The van der Waals surface area contributed by atoms with Gasteiger partial charge in [0.25, 0.3) is 0 Å². The second-order valence-corrected chi connectivity index (χ2v) is 5.07. The standard InChI is InChI=1S/C13H11ClFNS/c14-10-5-4-9(13(16)6-10)8-17-12-3-1-2-11(15)7-12/h1-7H,8,16H2. The lowest BCUT2D eigenvalue weighted by Gasteiger charge is -2.06. The number of nitrogens with two attached hydrogens (primary N) is 1. The molecule has 0 aromatic heterocycles. The average Bonchev–Trinajstić information content (AvgIpc) is 2.28. The Kier molecular flexibility index (Phi) is 3.92. The van der Waals surface area contributed by atoms with Crippen LogP contribution in [0.5, 0.6) is 0 Å². The lowest BCUT2D eigenvalue weighted by Crippen LogP contribution is -1.92. The molecule has 0 unspecified atom stereocenters. The molecule has 0 aliphatic heterocycles. The molecule has 0 fully saturated rings. The van der Waals surface area contributed by atoms with Gasteiger partial charge in [0.15, 0.2) is 0 Å². The van der Waals surface area contributed by atoms with Crippen LogP contribution in [0.15, 0.2) is 47.4 Å². The van der Waals surface area contributed by atoms with E-state index in [1.54, 1.807) is 30.0 Å². The van der Waals surface area contributed by atoms with E-state index >= 15 is 0 Å². The fourth-order valence-electron chi connectivity index (χ4n) is 1.42. The van der Waals surface area contributed by atoms with E-state index in [0.717, 1.165) is 10.5 Å². The SMILES string of the molecule is Nc1cc(Cl)ccc1CSc1cccc(F)c1. The van der Waals surface area contributed by atoms with Crippen molar-refractivity contribution in [1.29, 1.82) is 0 Å². The highest BCUT2D eigenvalue weighted by Crippen LogP contribution is 2.27. The van der Waals surface area contributed by atoms with Gasteiger partial charge in [0.1, 0.15) is 5.82 Å². The van der Waals surface area contributed by atoms with Crippen molar-refractivity contribution in [3.05, 3.63) is 58.9 Å². The molecule has 0 atom stereocenters. The number of hydrogen-bond acceptors (Lipinski definition) is 2. The summed E-state index contributed by atoms with van der Waals surface area (Å²) < 4.78 is 13.0. The summed E-state index contributed by atoms with van der Waals surface area (Å²) >= 11 is 7.36. The summed E-state index contributed by atoms with van der Waals surface area (Å²) in [5.41, 5.74) is 7.51. The van der Waals surface area contributed by atoms with Gasteiger partial charge in [0.2, 0.25) is 0 Å². The average molecular weight is 268 g/mol. The van der Waals surface area contributed by atoms with Crippen molar-refractivity contribution >= 4 is 29.1 Å². The molecule has 0 aliphatic carbocycles. The van der Waals surface area contributed by atoms with Crippen LogP contribution in [0.1, 0.15) is 5.56 Å². The maximum atomic E-state index is 13.0. The van der Waals surface area contributed by atoms with Gasteiger partial charge in [0, 0.05) is 21.4 Å². The normalized spacial score (nSPS) is 10.5. The van der Waals surface area contributed by atoms with E-state index in [1.165, 1.54) is 12.1 Å². The fraction of sp³-hybridized carbons (Fsp3) is 0.0769. The van der Waals surface area contributed by atoms with Crippen LogP contribution in [0.2, 0.25) is 5.02 Å². The fourth-order valence-corrected chi connectivity index (χ4v) is 2.55. The van der Waals surface area contributed by atoms with Crippen molar-refractivity contribution in [3.8, 4) is 0 Å². The number of benzene rings is 2. The minimum absolute atomic E-state index is 0.223. The molecule has 0 amide bonds. The Morgan fingerprint density at radius 3 is 2.71 bits per heavy atom. The highest BCUT2D eigenvalue weighted by atomic mass is 35.5. The van der Waals surface area contributed by atoms with E-state index in [2.05, 4.69) is 0 Å². The first-order valence-corrected chi connectivity index (χ1v) is 6.44. The van der Waals surface area contributed by atoms with Crippen LogP contribution in [0.25, 0.3) is 0 Å². The molecule has 0 radical (unpaired) electrons. The number of thioether (sulfide) groups is 1. The Balaban J connectivity index is 2.07. The summed E-state index contributed by atoms with van der Waals surface area (Å²) in [5, 5.41) is 0.627. The van der Waals surface area contributed by atoms with Gasteiger partial charge in [-0.3, -0.25) is 0 Å². The predicted octanol–water partition coefficient (Wildman–Crippen LogP) is 4.35. The van der Waals surface area contributed by atoms with Crippen molar-refractivity contribution in [3.63, 3.8) is 0 Å². The van der Waals surface area contributed by atoms with E-state index in [9.17, 15) is 4.39 Å². The van der Waals surface area contributed by atoms with Gasteiger partial charge in [0.05, 0.1) is 0 Å². The Morgan fingerprint density at radius 2 is 2.00 bits per heavy atom. The molecule has 0 spiro atoms. The van der Waals surface area contributed by atoms with Gasteiger partial charge in [-0.2, -0.15) is 0 Å². The molecular formula is C13H11ClFNS. The largest absolute Gasteiger partial charge is 0.398 e. The van der Waals surface area contributed by atoms with Crippen LogP contribution in [0.4, 0.5) is 10.1 Å². The van der Waals surface area contributed by atoms with Gasteiger partial charge in [-0.15, -0.1) is 11.8 Å². The van der Waals surface area contributed by atoms with Gasteiger partial charge < -0.3 is 5.73 Å². The zero-order valence-electron chi connectivity index (χ0n) is 8.99. The van der Waals surface area contributed by atoms with Crippen molar-refractivity contribution < 1.29 is 4.39 Å². The third kappa shape index (κ3) is 3.38. The monoisotopic (exact) mass is 267 g/mol. The Hall–Kier alpha value is -1.19. The third-order valence-electron chi connectivity index (χ3n) is 2.30. The first-order valence-electron chi connectivity index (χ1n) is 5.07. The Labute approximate surface area is 109 Å². The molecule has 0 bridgehead atoms. The second kappa shape index (κ2) is 5.43. The molecule has 2 N–H and O–H groups in total. The molecule has 2 aromatic rings. The third-order valence-corrected chi connectivity index (χ3v) is 3.58. The van der Waals surface area contributed by atoms with Gasteiger partial charge >= 0.3 is 0 Å². The topological polar surface area (TPSA) is 26.0 Å². The zero-order valence-corrected chi connectivity index (χ0v) is 10.6. The van der Waals surface area contributed by atoms with E-state index < -0.39 is 0 Å². The zero-order chi connectivity index (χ0) is 12.3. The van der Waals surface area contributed by atoms with E-state index in [1.807, 2.05) is 12.1 Å². The van der Waals surface area contributed by atoms with Crippen LogP contribution in [-0.4, -0.2) is 0 Å². The summed E-state index contributed by atoms with van der Waals surface area (Å²) in [6.45, 7) is 0. The molecule has 0 saturated heterocycles. The predicted molar refractivity (Wildman–Crippen MR) is 71.8 cm³/mol. The van der Waals surface area contributed by atoms with E-state index in [0.29, 0.717) is 16.5 Å². The van der Waals surface area contributed by atoms with Crippen LogP contribution >= 0.6 is 23.4 Å². The molecule has 0 aliphatic rings. The second-order valence-electron chi connectivity index (χ2n) is 3.59. The van der Waals surface area contributed by atoms with Crippen molar-refractivity contribution in [1.82, 2.24) is 0 Å². The van der Waals surface area contributed by atoms with Crippen molar-refractivity contribution in [2.45, 2.75) is 10.6 Å². The van der Waals surface area contributed by atoms with Gasteiger partial charge in [-0.05, 0) is 35.9 Å². The van der Waals surface area contributed by atoms with E-state index in [4.69, 9.17) is 17.3 Å². The number of halogens is 2. The molecule has 88 valence electrons. The number of rotatable bonds is 3. The summed E-state index contributed by atoms with van der Waals surface area (Å²) in [7, 11) is 0. The number of hydrogen-bond donors (Lipinski definition) is 1. The first kappa shape index (κ1) is 12.3. The van der Waals surface area contributed by atoms with Gasteiger partial charge in [-0.1, -0.05) is 23.7 Å². The Bertz CT molecular complexity index is 531. The summed E-state index contributed by atoms with van der Waals surface area (Å²) in [5.74, 6) is 0.478. The van der Waals surface area contributed by atoms with Crippen LogP contribution in [0.3, 0.4) is 0 Å². The highest BCUT2D eigenvalue weighted by molar-refractivity contribution is 7.98. The van der Waals surface area contributed by atoms with E-state index in [-0.39, 0.29) is 5.82 Å². The first-order chi connectivity index (χ1) is 8.15. The van der Waals surface area contributed by atoms with Crippen LogP contribution in [0, 0.1) is 5.82 Å². The molecule has 1 nitrogen and oxygen atoms in total. The number of nitrogen functional groups attached to an aromatic ring is 1. The summed E-state index contributed by atoms with van der Waals surface area (Å²) in [6.07, 6.45) is 0.